The predicted molar refractivity (Wildman–Crippen MR) is 79.0 cm³/mol. The van der Waals surface area contributed by atoms with Gasteiger partial charge in [-0.2, -0.15) is 0 Å². The summed E-state index contributed by atoms with van der Waals surface area (Å²) >= 11 is 12.4. The number of aromatic nitrogens is 1. The average Bonchev–Trinajstić information content (AvgIpc) is 2.35. The van der Waals surface area contributed by atoms with Crippen LogP contribution in [0.5, 0.6) is 0 Å². The van der Waals surface area contributed by atoms with Crippen LogP contribution >= 0.6 is 43.5 Å². The van der Waals surface area contributed by atoms with Crippen molar-refractivity contribution in [3.63, 3.8) is 0 Å². The third kappa shape index (κ3) is 3.10. The van der Waals surface area contributed by atoms with Crippen molar-refractivity contribution in [3.05, 3.63) is 56.2 Å². The Morgan fingerprint density at radius 3 is 2.72 bits per heavy atom. The largest absolute Gasteiger partial charge is 0.320 e. The first kappa shape index (κ1) is 13.5. The summed E-state index contributed by atoms with van der Waals surface area (Å²) in [6, 6.07) is 8.51. The van der Waals surface area contributed by atoms with Crippen molar-refractivity contribution in [2.24, 2.45) is 0 Å². The van der Waals surface area contributed by atoms with Crippen LogP contribution in [0.2, 0.25) is 5.02 Å². The molecule has 0 radical (unpaired) electrons. The van der Waals surface area contributed by atoms with Crippen molar-refractivity contribution in [1.29, 1.82) is 0 Å². The van der Waals surface area contributed by atoms with Crippen LogP contribution in [0.25, 0.3) is 0 Å². The third-order valence-electron chi connectivity index (χ3n) is 2.19. The Morgan fingerprint density at radius 2 is 2.06 bits per heavy atom. The topological polar surface area (TPSA) is 42.0 Å². The van der Waals surface area contributed by atoms with Gasteiger partial charge in [-0.15, -0.1) is 0 Å². The van der Waals surface area contributed by atoms with Gasteiger partial charge in [0.2, 0.25) is 0 Å². The maximum Gasteiger partial charge on any atom is 0.255 e. The van der Waals surface area contributed by atoms with Gasteiger partial charge in [-0.1, -0.05) is 11.6 Å². The summed E-state index contributed by atoms with van der Waals surface area (Å²) in [6.45, 7) is 0. The second kappa shape index (κ2) is 5.82. The summed E-state index contributed by atoms with van der Waals surface area (Å²) in [7, 11) is 0. The Balaban J connectivity index is 2.22. The summed E-state index contributed by atoms with van der Waals surface area (Å²) in [4.78, 5) is 16.0. The smallest absolute Gasteiger partial charge is 0.255 e. The van der Waals surface area contributed by atoms with Crippen LogP contribution in [-0.4, -0.2) is 10.9 Å². The predicted octanol–water partition coefficient (Wildman–Crippen LogP) is 4.51. The normalized spacial score (nSPS) is 10.2. The molecular weight excluding hydrogens is 383 g/mol. The standard InChI is InChI=1S/C12H7Br2ClN2O/c13-8-6-7(3-4-9(8)15)12(18)17-10-2-1-5-16-11(10)14/h1-6H,(H,17,18). The highest BCUT2D eigenvalue weighted by Crippen LogP contribution is 2.24. The van der Waals surface area contributed by atoms with Crippen molar-refractivity contribution < 1.29 is 4.79 Å². The molecule has 0 bridgehead atoms. The van der Waals surface area contributed by atoms with Gasteiger partial charge in [0.05, 0.1) is 10.7 Å². The number of anilines is 1. The van der Waals surface area contributed by atoms with E-state index >= 15 is 0 Å². The molecule has 0 aliphatic rings. The number of benzene rings is 1. The number of carbonyl (C=O) groups is 1. The van der Waals surface area contributed by atoms with Gasteiger partial charge >= 0.3 is 0 Å². The SMILES string of the molecule is O=C(Nc1cccnc1Br)c1ccc(Cl)c(Br)c1. The number of rotatable bonds is 2. The second-order valence-electron chi connectivity index (χ2n) is 3.42. The Bertz CT molecular complexity index is 604. The van der Waals surface area contributed by atoms with E-state index < -0.39 is 0 Å². The van der Waals surface area contributed by atoms with E-state index in [0.29, 0.717) is 25.3 Å². The van der Waals surface area contributed by atoms with Crippen molar-refractivity contribution in [1.82, 2.24) is 4.98 Å². The van der Waals surface area contributed by atoms with Crippen molar-refractivity contribution in [2.45, 2.75) is 0 Å². The minimum atomic E-state index is -0.221. The van der Waals surface area contributed by atoms with E-state index in [2.05, 4.69) is 42.2 Å². The molecule has 1 amide bonds. The van der Waals surface area contributed by atoms with E-state index in [1.165, 1.54) is 0 Å². The Morgan fingerprint density at radius 1 is 1.28 bits per heavy atom. The summed E-state index contributed by atoms with van der Waals surface area (Å²) in [5.41, 5.74) is 1.13. The highest BCUT2D eigenvalue weighted by molar-refractivity contribution is 9.10. The molecule has 0 aliphatic heterocycles. The van der Waals surface area contributed by atoms with E-state index in [1.807, 2.05) is 0 Å². The lowest BCUT2D eigenvalue weighted by Crippen LogP contribution is -2.12. The maximum atomic E-state index is 12.0. The van der Waals surface area contributed by atoms with Crippen LogP contribution in [0.4, 0.5) is 5.69 Å². The molecule has 1 aromatic carbocycles. The first-order valence-electron chi connectivity index (χ1n) is 4.95. The minimum Gasteiger partial charge on any atom is -0.320 e. The molecule has 2 aromatic rings. The molecule has 1 N–H and O–H groups in total. The summed E-state index contributed by atoms with van der Waals surface area (Å²) in [5.74, 6) is -0.221. The molecule has 1 aromatic heterocycles. The Kier molecular flexibility index (Phi) is 4.37. The summed E-state index contributed by atoms with van der Waals surface area (Å²) in [6.07, 6.45) is 1.64. The van der Waals surface area contributed by atoms with E-state index in [9.17, 15) is 4.79 Å². The Labute approximate surface area is 126 Å². The summed E-state index contributed by atoms with van der Waals surface area (Å²) in [5, 5.41) is 3.32. The molecule has 2 rings (SSSR count). The molecule has 0 saturated carbocycles. The molecular formula is C12H7Br2ClN2O. The highest BCUT2D eigenvalue weighted by Gasteiger charge is 2.10. The molecule has 0 fully saturated rings. The van der Waals surface area contributed by atoms with Crippen LogP contribution in [-0.2, 0) is 0 Å². The van der Waals surface area contributed by atoms with E-state index in [4.69, 9.17) is 11.6 Å². The van der Waals surface area contributed by atoms with Gasteiger partial charge in [0, 0.05) is 16.2 Å². The van der Waals surface area contributed by atoms with Gasteiger partial charge < -0.3 is 5.32 Å². The molecule has 92 valence electrons. The van der Waals surface area contributed by atoms with E-state index in [1.54, 1.807) is 36.5 Å². The molecule has 6 heteroatoms. The monoisotopic (exact) mass is 388 g/mol. The maximum absolute atomic E-state index is 12.0. The zero-order chi connectivity index (χ0) is 13.1. The molecule has 0 atom stereocenters. The summed E-state index contributed by atoms with van der Waals surface area (Å²) < 4.78 is 1.27. The minimum absolute atomic E-state index is 0.221. The van der Waals surface area contributed by atoms with Crippen LogP contribution in [0.3, 0.4) is 0 Å². The molecule has 0 unspecified atom stereocenters. The molecule has 1 heterocycles. The number of nitrogens with one attached hydrogen (secondary N) is 1. The Hall–Kier alpha value is -0.910. The molecule has 0 spiro atoms. The van der Waals surface area contributed by atoms with Crippen LogP contribution < -0.4 is 5.32 Å². The number of halogens is 3. The quantitative estimate of drug-likeness (QED) is 0.767. The van der Waals surface area contributed by atoms with Gasteiger partial charge in [-0.05, 0) is 62.2 Å². The number of nitrogens with zero attached hydrogens (tertiary/aromatic N) is 1. The van der Waals surface area contributed by atoms with Gasteiger partial charge in [0.1, 0.15) is 4.60 Å². The van der Waals surface area contributed by atoms with Crippen LogP contribution in [0, 0.1) is 0 Å². The van der Waals surface area contributed by atoms with Crippen molar-refractivity contribution in [2.75, 3.05) is 5.32 Å². The number of hydrogen-bond donors (Lipinski definition) is 1. The molecule has 3 nitrogen and oxygen atoms in total. The fraction of sp³-hybridized carbons (Fsp3) is 0. The fourth-order valence-electron chi connectivity index (χ4n) is 1.31. The van der Waals surface area contributed by atoms with Crippen LogP contribution in [0.1, 0.15) is 10.4 Å². The number of hydrogen-bond acceptors (Lipinski definition) is 2. The first-order chi connectivity index (χ1) is 8.58. The molecule has 18 heavy (non-hydrogen) atoms. The van der Waals surface area contributed by atoms with Gasteiger partial charge in [0.25, 0.3) is 5.91 Å². The van der Waals surface area contributed by atoms with Crippen molar-refractivity contribution in [3.8, 4) is 0 Å². The zero-order valence-corrected chi connectivity index (χ0v) is 12.9. The highest BCUT2D eigenvalue weighted by atomic mass is 79.9. The number of pyridine rings is 1. The average molecular weight is 390 g/mol. The van der Waals surface area contributed by atoms with E-state index in [-0.39, 0.29) is 5.91 Å². The molecule has 0 aliphatic carbocycles. The van der Waals surface area contributed by atoms with Crippen molar-refractivity contribution >= 4 is 55.1 Å². The molecule has 0 saturated heterocycles. The first-order valence-corrected chi connectivity index (χ1v) is 6.91. The fourth-order valence-corrected chi connectivity index (χ4v) is 2.16. The van der Waals surface area contributed by atoms with Gasteiger partial charge in [-0.3, -0.25) is 4.79 Å². The lowest BCUT2D eigenvalue weighted by Gasteiger charge is -2.07. The number of amides is 1. The van der Waals surface area contributed by atoms with Gasteiger partial charge in [0.15, 0.2) is 0 Å². The zero-order valence-electron chi connectivity index (χ0n) is 8.95. The lowest BCUT2D eigenvalue weighted by molar-refractivity contribution is 0.102. The lowest BCUT2D eigenvalue weighted by atomic mass is 10.2. The number of carbonyl (C=O) groups excluding carboxylic acids is 1. The van der Waals surface area contributed by atoms with Crippen LogP contribution in [0.15, 0.2) is 45.6 Å². The van der Waals surface area contributed by atoms with Gasteiger partial charge in [-0.25, -0.2) is 4.98 Å². The second-order valence-corrected chi connectivity index (χ2v) is 5.44. The van der Waals surface area contributed by atoms with E-state index in [0.717, 1.165) is 0 Å². The third-order valence-corrected chi connectivity index (χ3v) is 4.03.